The zero-order valence-corrected chi connectivity index (χ0v) is 15.7. The highest BCUT2D eigenvalue weighted by Crippen LogP contribution is 2.19. The fourth-order valence-corrected chi connectivity index (χ4v) is 3.58. The summed E-state index contributed by atoms with van der Waals surface area (Å²) < 4.78 is 25.1. The number of morpholine rings is 1. The molecule has 148 valence electrons. The van der Waals surface area contributed by atoms with Gasteiger partial charge in [0.2, 0.25) is 0 Å². The number of rotatable bonds is 5. The van der Waals surface area contributed by atoms with Crippen LogP contribution >= 0.6 is 0 Å². The van der Waals surface area contributed by atoms with Gasteiger partial charge in [-0.3, -0.25) is 4.79 Å². The van der Waals surface area contributed by atoms with Crippen LogP contribution in [0.1, 0.15) is 49.4 Å². The second-order valence-corrected chi connectivity index (χ2v) is 7.23. The molecular formula is C20H27FN2O4. The average Bonchev–Trinajstić information content (AvgIpc) is 2.67. The number of benzene rings is 1. The molecule has 1 atom stereocenters. The Kier molecular flexibility index (Phi) is 6.66. The number of nitrogens with zero attached hydrogens (tertiary/aromatic N) is 1. The number of ether oxygens (including phenoxy) is 2. The van der Waals surface area contributed by atoms with Crippen LogP contribution in [0.15, 0.2) is 18.2 Å². The van der Waals surface area contributed by atoms with E-state index in [0.717, 1.165) is 12.8 Å². The summed E-state index contributed by atoms with van der Waals surface area (Å²) in [5.74, 6) is -0.586. The highest BCUT2D eigenvalue weighted by Gasteiger charge is 2.26. The number of hydrogen-bond donors (Lipinski definition) is 1. The fourth-order valence-electron chi connectivity index (χ4n) is 3.58. The van der Waals surface area contributed by atoms with Crippen LogP contribution in [-0.2, 0) is 4.74 Å². The lowest BCUT2D eigenvalue weighted by Crippen LogP contribution is -2.53. The molecule has 1 aromatic carbocycles. The van der Waals surface area contributed by atoms with Crippen molar-refractivity contribution < 1.29 is 23.5 Å². The molecule has 0 bridgehead atoms. The molecule has 1 heterocycles. The predicted molar refractivity (Wildman–Crippen MR) is 98.6 cm³/mol. The summed E-state index contributed by atoms with van der Waals surface area (Å²) in [6, 6.07) is 4.40. The lowest BCUT2D eigenvalue weighted by molar-refractivity contribution is -0.0356. The number of carbonyl (C=O) groups excluding carboxylic acids is 2. The second-order valence-electron chi connectivity index (χ2n) is 7.23. The van der Waals surface area contributed by atoms with Gasteiger partial charge in [-0.25, -0.2) is 9.18 Å². The van der Waals surface area contributed by atoms with Crippen LogP contribution in [-0.4, -0.2) is 55.2 Å². The molecule has 1 aliphatic heterocycles. The van der Waals surface area contributed by atoms with Crippen molar-refractivity contribution in [1.29, 1.82) is 0 Å². The summed E-state index contributed by atoms with van der Waals surface area (Å²) in [4.78, 5) is 25.5. The molecule has 2 aliphatic rings. The first-order chi connectivity index (χ1) is 13.0. The molecule has 6 nitrogen and oxygen atoms in total. The molecule has 27 heavy (non-hydrogen) atoms. The highest BCUT2D eigenvalue weighted by molar-refractivity contribution is 5.94. The van der Waals surface area contributed by atoms with E-state index < -0.39 is 5.82 Å². The lowest BCUT2D eigenvalue weighted by Gasteiger charge is -2.34. The van der Waals surface area contributed by atoms with Crippen molar-refractivity contribution in [3.05, 3.63) is 29.6 Å². The van der Waals surface area contributed by atoms with E-state index in [4.69, 9.17) is 9.47 Å². The Hall–Kier alpha value is -2.15. The van der Waals surface area contributed by atoms with E-state index in [1.165, 1.54) is 38.3 Å². The third-order valence-electron chi connectivity index (χ3n) is 5.11. The predicted octanol–water partition coefficient (Wildman–Crippen LogP) is 3.15. The smallest absolute Gasteiger partial charge is 0.317 e. The molecular weight excluding hydrogens is 351 g/mol. The van der Waals surface area contributed by atoms with Gasteiger partial charge in [0.15, 0.2) is 5.78 Å². The molecule has 0 aromatic heterocycles. The number of nitrogens with one attached hydrogen (secondary N) is 1. The molecule has 1 aliphatic carbocycles. The number of carbonyl (C=O) groups is 2. The van der Waals surface area contributed by atoms with Gasteiger partial charge in [0.05, 0.1) is 18.7 Å². The Labute approximate surface area is 159 Å². The Morgan fingerprint density at radius 2 is 2.07 bits per heavy atom. The molecule has 1 saturated carbocycles. The van der Waals surface area contributed by atoms with E-state index in [0.29, 0.717) is 25.4 Å². The van der Waals surface area contributed by atoms with Gasteiger partial charge < -0.3 is 19.7 Å². The topological polar surface area (TPSA) is 67.9 Å². The molecule has 7 heteroatoms. The summed E-state index contributed by atoms with van der Waals surface area (Å²) in [5, 5.41) is 3.12. The van der Waals surface area contributed by atoms with E-state index in [1.54, 1.807) is 11.0 Å². The van der Waals surface area contributed by atoms with E-state index in [9.17, 15) is 14.0 Å². The Balaban J connectivity index is 1.48. The van der Waals surface area contributed by atoms with Gasteiger partial charge in [-0.05, 0) is 31.9 Å². The molecule has 3 rings (SSSR count). The number of hydrogen-bond acceptors (Lipinski definition) is 4. The van der Waals surface area contributed by atoms with Crippen molar-refractivity contribution in [3.63, 3.8) is 0 Å². The van der Waals surface area contributed by atoms with Gasteiger partial charge in [-0.1, -0.05) is 19.3 Å². The van der Waals surface area contributed by atoms with Crippen molar-refractivity contribution >= 4 is 11.8 Å². The van der Waals surface area contributed by atoms with E-state index in [1.807, 2.05) is 0 Å². The molecule has 0 radical (unpaired) electrons. The summed E-state index contributed by atoms with van der Waals surface area (Å²) in [5.41, 5.74) is 0.0434. The third-order valence-corrected chi connectivity index (χ3v) is 5.11. The minimum absolute atomic E-state index is 0.0434. The number of halogens is 1. The zero-order valence-electron chi connectivity index (χ0n) is 15.7. The second kappa shape index (κ2) is 9.17. The van der Waals surface area contributed by atoms with Crippen LogP contribution in [0.4, 0.5) is 9.18 Å². The van der Waals surface area contributed by atoms with Crippen LogP contribution in [0.25, 0.3) is 0 Å². The quantitative estimate of drug-likeness (QED) is 0.800. The molecule has 1 saturated heterocycles. The molecule has 1 aromatic rings. The Morgan fingerprint density at radius 1 is 1.30 bits per heavy atom. The normalized spacial score (nSPS) is 21.0. The van der Waals surface area contributed by atoms with Crippen LogP contribution in [0.3, 0.4) is 0 Å². The standard InChI is InChI=1S/C20H27FN2O4/c1-14(24)18-8-7-16(11-19(18)21)27-13-17-12-23(9-10-26-17)20(25)22-15-5-3-2-4-6-15/h7-8,11,15,17H,2-6,9-10,12-13H2,1H3,(H,22,25). The van der Waals surface area contributed by atoms with Gasteiger partial charge >= 0.3 is 6.03 Å². The minimum atomic E-state index is -0.599. The van der Waals surface area contributed by atoms with Crippen molar-refractivity contribution in [2.24, 2.45) is 0 Å². The van der Waals surface area contributed by atoms with E-state index in [2.05, 4.69) is 5.32 Å². The maximum atomic E-state index is 13.9. The van der Waals surface area contributed by atoms with Crippen molar-refractivity contribution in [1.82, 2.24) is 10.2 Å². The number of Topliss-reactive ketones (excluding diaryl/α,β-unsaturated/α-hetero) is 1. The third kappa shape index (κ3) is 5.42. The maximum absolute atomic E-state index is 13.9. The highest BCUT2D eigenvalue weighted by atomic mass is 19.1. The van der Waals surface area contributed by atoms with Crippen LogP contribution in [0.2, 0.25) is 0 Å². The largest absolute Gasteiger partial charge is 0.491 e. The van der Waals surface area contributed by atoms with Gasteiger partial charge in [0.1, 0.15) is 24.3 Å². The first-order valence-corrected chi connectivity index (χ1v) is 9.63. The average molecular weight is 378 g/mol. The summed E-state index contributed by atoms with van der Waals surface area (Å²) >= 11 is 0. The number of urea groups is 1. The van der Waals surface area contributed by atoms with Crippen LogP contribution in [0, 0.1) is 5.82 Å². The number of amides is 2. The first kappa shape index (κ1) is 19.6. The Morgan fingerprint density at radius 3 is 2.78 bits per heavy atom. The summed E-state index contributed by atoms with van der Waals surface area (Å²) in [6.07, 6.45) is 5.41. The van der Waals surface area contributed by atoms with Crippen LogP contribution < -0.4 is 10.1 Å². The molecule has 2 amide bonds. The van der Waals surface area contributed by atoms with E-state index >= 15 is 0 Å². The number of ketones is 1. The maximum Gasteiger partial charge on any atom is 0.317 e. The van der Waals surface area contributed by atoms with Crippen molar-refractivity contribution in [3.8, 4) is 5.75 Å². The van der Waals surface area contributed by atoms with Crippen molar-refractivity contribution in [2.75, 3.05) is 26.3 Å². The van der Waals surface area contributed by atoms with Crippen LogP contribution in [0.5, 0.6) is 5.75 Å². The lowest BCUT2D eigenvalue weighted by atomic mass is 9.96. The van der Waals surface area contributed by atoms with Crippen molar-refractivity contribution in [2.45, 2.75) is 51.2 Å². The fraction of sp³-hybridized carbons (Fsp3) is 0.600. The summed E-state index contributed by atoms with van der Waals surface area (Å²) in [6.45, 7) is 2.97. The van der Waals surface area contributed by atoms with E-state index in [-0.39, 0.29) is 36.1 Å². The zero-order chi connectivity index (χ0) is 19.2. The molecule has 2 fully saturated rings. The minimum Gasteiger partial charge on any atom is -0.491 e. The van der Waals surface area contributed by atoms with Gasteiger partial charge in [-0.15, -0.1) is 0 Å². The first-order valence-electron chi connectivity index (χ1n) is 9.63. The van der Waals surface area contributed by atoms with Gasteiger partial charge in [0, 0.05) is 18.7 Å². The molecule has 0 spiro atoms. The van der Waals surface area contributed by atoms with Gasteiger partial charge in [0.25, 0.3) is 0 Å². The Bertz CT molecular complexity index is 676. The van der Waals surface area contributed by atoms with Gasteiger partial charge in [-0.2, -0.15) is 0 Å². The SMILES string of the molecule is CC(=O)c1ccc(OCC2CN(C(=O)NC3CCCCC3)CCO2)cc1F. The summed E-state index contributed by atoms with van der Waals surface area (Å²) in [7, 11) is 0. The monoisotopic (exact) mass is 378 g/mol. The molecule has 1 unspecified atom stereocenters. The molecule has 1 N–H and O–H groups in total.